The highest BCUT2D eigenvalue weighted by Crippen LogP contribution is 2.19. The molecule has 0 amide bonds. The molecule has 0 saturated heterocycles. The van der Waals surface area contributed by atoms with E-state index < -0.39 is 15.1 Å². The molecule has 3 nitrogen and oxygen atoms in total. The molecule has 0 radical (unpaired) electrons. The maximum Gasteiger partial charge on any atom is 0.182 e. The molecule has 0 spiro atoms. The Morgan fingerprint density at radius 2 is 1.79 bits per heavy atom. The summed E-state index contributed by atoms with van der Waals surface area (Å²) in [6.45, 7) is 8.44. The highest BCUT2D eigenvalue weighted by molar-refractivity contribution is 9.10. The molecular formula is C14H22BrNO2S. The summed E-state index contributed by atoms with van der Waals surface area (Å²) in [6.07, 6.45) is 0.956. The zero-order valence-corrected chi connectivity index (χ0v) is 14.3. The van der Waals surface area contributed by atoms with E-state index in [0.717, 1.165) is 10.9 Å². The molecule has 1 N–H and O–H groups in total. The van der Waals surface area contributed by atoms with Gasteiger partial charge in [0.25, 0.3) is 0 Å². The Kier molecular flexibility index (Phi) is 5.59. The third-order valence-corrected chi connectivity index (χ3v) is 6.11. The molecule has 0 heterocycles. The molecule has 1 aromatic rings. The van der Waals surface area contributed by atoms with Crippen molar-refractivity contribution in [3.8, 4) is 0 Å². The van der Waals surface area contributed by atoms with Gasteiger partial charge < -0.3 is 5.32 Å². The van der Waals surface area contributed by atoms with Gasteiger partial charge in [0, 0.05) is 16.6 Å². The van der Waals surface area contributed by atoms with Gasteiger partial charge >= 0.3 is 0 Å². The summed E-state index contributed by atoms with van der Waals surface area (Å²) < 4.78 is 25.7. The van der Waals surface area contributed by atoms with Crippen LogP contribution in [0, 0.1) is 0 Å². The van der Waals surface area contributed by atoms with Gasteiger partial charge in [0.15, 0.2) is 9.84 Å². The molecule has 19 heavy (non-hydrogen) atoms. The molecule has 108 valence electrons. The number of halogens is 1. The summed E-state index contributed by atoms with van der Waals surface area (Å²) >= 11 is 3.31. The van der Waals surface area contributed by atoms with Gasteiger partial charge in [0.2, 0.25) is 0 Å². The summed E-state index contributed by atoms with van der Waals surface area (Å²) in [4.78, 5) is 0.374. The van der Waals surface area contributed by atoms with E-state index in [1.807, 2.05) is 0 Å². The molecule has 1 unspecified atom stereocenters. The molecule has 1 rings (SSSR count). The van der Waals surface area contributed by atoms with Gasteiger partial charge in [-0.1, -0.05) is 22.9 Å². The Morgan fingerprint density at radius 3 is 2.26 bits per heavy atom. The average Bonchev–Trinajstić information content (AvgIpc) is 2.36. The van der Waals surface area contributed by atoms with Crippen molar-refractivity contribution in [2.45, 2.75) is 49.8 Å². The number of benzene rings is 1. The van der Waals surface area contributed by atoms with Gasteiger partial charge in [-0.2, -0.15) is 0 Å². The minimum Gasteiger partial charge on any atom is -0.311 e. The summed E-state index contributed by atoms with van der Waals surface area (Å²) in [7, 11) is -3.27. The zero-order valence-electron chi connectivity index (χ0n) is 11.9. The lowest BCUT2D eigenvalue weighted by molar-refractivity contribution is 0.377. The first kappa shape index (κ1) is 16.7. The third kappa shape index (κ3) is 4.58. The van der Waals surface area contributed by atoms with Crippen LogP contribution in [0.25, 0.3) is 0 Å². The molecule has 0 bridgehead atoms. The highest BCUT2D eigenvalue weighted by Gasteiger charge is 2.25. The van der Waals surface area contributed by atoms with Crippen molar-refractivity contribution in [3.63, 3.8) is 0 Å². The second-order valence-corrected chi connectivity index (χ2v) is 8.71. The lowest BCUT2D eigenvalue weighted by Crippen LogP contribution is -2.44. The van der Waals surface area contributed by atoms with Crippen LogP contribution in [0.4, 0.5) is 0 Å². The predicted molar refractivity (Wildman–Crippen MR) is 83.2 cm³/mol. The Labute approximate surface area is 124 Å². The Balaban J connectivity index is 2.80. The third-order valence-electron chi connectivity index (χ3n) is 3.42. The summed E-state index contributed by atoms with van der Waals surface area (Å²) in [5.41, 5.74) is -0.0382. The minimum absolute atomic E-state index is 0.0382. The molecule has 1 aromatic carbocycles. The summed E-state index contributed by atoms with van der Waals surface area (Å²) in [5.74, 6) is 0. The largest absolute Gasteiger partial charge is 0.311 e. The van der Waals surface area contributed by atoms with Crippen molar-refractivity contribution >= 4 is 25.8 Å². The molecule has 0 fully saturated rings. The van der Waals surface area contributed by atoms with E-state index in [1.165, 1.54) is 0 Å². The molecule has 5 heteroatoms. The quantitative estimate of drug-likeness (QED) is 0.857. The van der Waals surface area contributed by atoms with Crippen LogP contribution in [0.15, 0.2) is 33.6 Å². The first-order valence-corrected chi connectivity index (χ1v) is 8.77. The fourth-order valence-corrected chi connectivity index (χ4v) is 3.06. The monoisotopic (exact) mass is 347 g/mol. The van der Waals surface area contributed by atoms with Gasteiger partial charge in [0.1, 0.15) is 0 Å². The van der Waals surface area contributed by atoms with Gasteiger partial charge in [0.05, 0.1) is 10.1 Å². The number of hydrogen-bond donors (Lipinski definition) is 1. The standard InChI is InChI=1S/C14H22BrNO2S/c1-5-14(3,4)16-10-11(2)19(17,18)13-8-6-12(15)7-9-13/h6-9,11,16H,5,10H2,1-4H3. The number of hydrogen-bond acceptors (Lipinski definition) is 3. The number of nitrogens with one attached hydrogen (secondary N) is 1. The zero-order chi connectivity index (χ0) is 14.7. The van der Waals surface area contributed by atoms with Gasteiger partial charge in [-0.15, -0.1) is 0 Å². The topological polar surface area (TPSA) is 46.2 Å². The Morgan fingerprint density at radius 1 is 1.26 bits per heavy atom. The molecular weight excluding hydrogens is 326 g/mol. The van der Waals surface area contributed by atoms with Crippen LogP contribution >= 0.6 is 15.9 Å². The van der Waals surface area contributed by atoms with E-state index in [0.29, 0.717) is 11.4 Å². The van der Waals surface area contributed by atoms with Crippen molar-refractivity contribution in [2.24, 2.45) is 0 Å². The Hall–Kier alpha value is -0.390. The normalized spacial score (nSPS) is 14.4. The van der Waals surface area contributed by atoms with Crippen LogP contribution in [0.3, 0.4) is 0 Å². The van der Waals surface area contributed by atoms with E-state index in [9.17, 15) is 8.42 Å². The molecule has 0 aliphatic carbocycles. The van der Waals surface area contributed by atoms with Crippen LogP contribution in [0.1, 0.15) is 34.1 Å². The SMILES string of the molecule is CCC(C)(C)NCC(C)S(=O)(=O)c1ccc(Br)cc1. The van der Waals surface area contributed by atoms with Gasteiger partial charge in [-0.3, -0.25) is 0 Å². The molecule has 0 aliphatic heterocycles. The second kappa shape index (κ2) is 6.37. The summed E-state index contributed by atoms with van der Waals surface area (Å²) in [5, 5.41) is 2.86. The van der Waals surface area contributed by atoms with Crippen molar-refractivity contribution in [1.82, 2.24) is 5.32 Å². The van der Waals surface area contributed by atoms with Crippen molar-refractivity contribution in [2.75, 3.05) is 6.54 Å². The smallest absolute Gasteiger partial charge is 0.182 e. The van der Waals surface area contributed by atoms with Gasteiger partial charge in [-0.25, -0.2) is 8.42 Å². The lowest BCUT2D eigenvalue weighted by Gasteiger charge is -2.26. The molecule has 0 aliphatic rings. The highest BCUT2D eigenvalue weighted by atomic mass is 79.9. The van der Waals surface area contributed by atoms with E-state index >= 15 is 0 Å². The van der Waals surface area contributed by atoms with E-state index in [-0.39, 0.29) is 5.54 Å². The van der Waals surface area contributed by atoms with Crippen molar-refractivity contribution < 1.29 is 8.42 Å². The first-order chi connectivity index (χ1) is 8.69. The van der Waals surface area contributed by atoms with Crippen molar-refractivity contribution in [3.05, 3.63) is 28.7 Å². The maximum absolute atomic E-state index is 12.4. The Bertz CT molecular complexity index is 509. The minimum atomic E-state index is -3.27. The summed E-state index contributed by atoms with van der Waals surface area (Å²) in [6, 6.07) is 6.79. The fraction of sp³-hybridized carbons (Fsp3) is 0.571. The molecule has 0 aromatic heterocycles. The van der Waals surface area contributed by atoms with E-state index in [2.05, 4.69) is 42.0 Å². The number of sulfone groups is 1. The van der Waals surface area contributed by atoms with E-state index in [4.69, 9.17) is 0 Å². The van der Waals surface area contributed by atoms with Crippen LogP contribution in [-0.4, -0.2) is 25.8 Å². The first-order valence-electron chi connectivity index (χ1n) is 6.43. The number of rotatable bonds is 6. The van der Waals surface area contributed by atoms with Crippen LogP contribution in [-0.2, 0) is 9.84 Å². The lowest BCUT2D eigenvalue weighted by atomic mass is 10.0. The van der Waals surface area contributed by atoms with Crippen LogP contribution in [0.5, 0.6) is 0 Å². The van der Waals surface area contributed by atoms with Gasteiger partial charge in [-0.05, 0) is 51.5 Å². The average molecular weight is 348 g/mol. The second-order valence-electron chi connectivity index (χ2n) is 5.43. The molecule has 1 atom stereocenters. The predicted octanol–water partition coefficient (Wildman–Crippen LogP) is 3.39. The molecule has 0 saturated carbocycles. The maximum atomic E-state index is 12.4. The fourth-order valence-electron chi connectivity index (χ4n) is 1.51. The van der Waals surface area contributed by atoms with Crippen LogP contribution in [0.2, 0.25) is 0 Å². The van der Waals surface area contributed by atoms with E-state index in [1.54, 1.807) is 31.2 Å². The van der Waals surface area contributed by atoms with Crippen LogP contribution < -0.4 is 5.32 Å². The van der Waals surface area contributed by atoms with Crippen molar-refractivity contribution in [1.29, 1.82) is 0 Å².